The Balaban J connectivity index is 1.31. The molecule has 162 valence electrons. The van der Waals surface area contributed by atoms with Crippen molar-refractivity contribution in [3.63, 3.8) is 0 Å². The summed E-state index contributed by atoms with van der Waals surface area (Å²) in [7, 11) is 0. The molecule has 2 heterocycles. The van der Waals surface area contributed by atoms with Crippen LogP contribution in [0.25, 0.3) is 21.7 Å². The molecule has 5 rings (SSSR count). The first-order valence-corrected chi connectivity index (χ1v) is 11.2. The van der Waals surface area contributed by atoms with Crippen molar-refractivity contribution in [1.29, 1.82) is 0 Å². The Labute approximate surface area is 188 Å². The molecule has 32 heavy (non-hydrogen) atoms. The van der Waals surface area contributed by atoms with Gasteiger partial charge in [0, 0.05) is 44.3 Å². The summed E-state index contributed by atoms with van der Waals surface area (Å²) in [5.41, 5.74) is 2.74. The van der Waals surface area contributed by atoms with Crippen LogP contribution in [0, 0.1) is 0 Å². The van der Waals surface area contributed by atoms with Gasteiger partial charge in [-0.2, -0.15) is 0 Å². The van der Waals surface area contributed by atoms with Gasteiger partial charge in [0.1, 0.15) is 5.75 Å². The first kappa shape index (κ1) is 20.5. The summed E-state index contributed by atoms with van der Waals surface area (Å²) in [6.45, 7) is 6.71. The Kier molecular flexibility index (Phi) is 5.73. The smallest absolute Gasteiger partial charge is 0.256 e. The molecule has 0 unspecified atom stereocenters. The number of fused-ring (bicyclic) bond motifs is 3. The maximum atomic E-state index is 13.5. The van der Waals surface area contributed by atoms with E-state index in [1.54, 1.807) is 6.20 Å². The monoisotopic (exact) mass is 425 g/mol. The molecule has 5 heteroatoms. The fourth-order valence-corrected chi connectivity index (χ4v) is 4.49. The molecule has 0 aliphatic carbocycles. The van der Waals surface area contributed by atoms with Gasteiger partial charge in [0.2, 0.25) is 0 Å². The van der Waals surface area contributed by atoms with Crippen LogP contribution in [0.2, 0.25) is 0 Å². The summed E-state index contributed by atoms with van der Waals surface area (Å²) in [6.07, 6.45) is 1.77. The lowest BCUT2D eigenvalue weighted by Crippen LogP contribution is -2.48. The highest BCUT2D eigenvalue weighted by Crippen LogP contribution is 2.28. The van der Waals surface area contributed by atoms with E-state index >= 15 is 0 Å². The maximum Gasteiger partial charge on any atom is 0.256 e. The van der Waals surface area contributed by atoms with Gasteiger partial charge < -0.3 is 9.64 Å². The second-order valence-corrected chi connectivity index (χ2v) is 8.19. The molecular weight excluding hydrogens is 398 g/mol. The number of piperazine rings is 1. The highest BCUT2D eigenvalue weighted by atomic mass is 16.5. The van der Waals surface area contributed by atoms with Crippen LogP contribution in [0.4, 0.5) is 0 Å². The normalized spacial score (nSPS) is 14.7. The number of carbonyl (C=O) groups excluding carboxylic acids is 1. The van der Waals surface area contributed by atoms with Gasteiger partial charge in [-0.3, -0.25) is 14.7 Å². The van der Waals surface area contributed by atoms with Crippen molar-refractivity contribution in [3.05, 3.63) is 84.1 Å². The number of amides is 1. The van der Waals surface area contributed by atoms with Crippen molar-refractivity contribution in [3.8, 4) is 5.75 Å². The van der Waals surface area contributed by atoms with Gasteiger partial charge in [-0.25, -0.2) is 0 Å². The van der Waals surface area contributed by atoms with Crippen LogP contribution in [0.15, 0.2) is 72.9 Å². The van der Waals surface area contributed by atoms with Gasteiger partial charge in [0.25, 0.3) is 5.91 Å². The van der Waals surface area contributed by atoms with E-state index in [-0.39, 0.29) is 5.91 Å². The van der Waals surface area contributed by atoms with E-state index in [2.05, 4.69) is 40.2 Å². The lowest BCUT2D eigenvalue weighted by atomic mass is 10.00. The minimum Gasteiger partial charge on any atom is -0.494 e. The predicted molar refractivity (Wildman–Crippen MR) is 128 cm³/mol. The molecule has 0 spiro atoms. The van der Waals surface area contributed by atoms with Gasteiger partial charge in [-0.05, 0) is 47.5 Å². The minimum absolute atomic E-state index is 0.0696. The van der Waals surface area contributed by atoms with Gasteiger partial charge in [-0.1, -0.05) is 42.5 Å². The number of nitrogens with zero attached hydrogens (tertiary/aromatic N) is 3. The second-order valence-electron chi connectivity index (χ2n) is 8.19. The van der Waals surface area contributed by atoms with Crippen LogP contribution in [0.5, 0.6) is 5.75 Å². The standard InChI is InChI=1S/C27H27N3O2/c1-2-32-22-11-9-20(10-12-22)19-29-14-16-30(17-15-29)27(31)25-18-21-6-3-4-7-23(21)24-8-5-13-28-26(24)25/h3-13,18H,2,14-17,19H2,1H3. The zero-order chi connectivity index (χ0) is 21.9. The van der Waals surface area contributed by atoms with Gasteiger partial charge in [0.05, 0.1) is 17.7 Å². The number of aromatic nitrogens is 1. The lowest BCUT2D eigenvalue weighted by molar-refractivity contribution is 0.0630. The Bertz CT molecular complexity index is 1240. The summed E-state index contributed by atoms with van der Waals surface area (Å²) < 4.78 is 5.53. The van der Waals surface area contributed by atoms with Crippen LogP contribution < -0.4 is 4.74 Å². The molecule has 4 aromatic rings. The van der Waals surface area contributed by atoms with Crippen molar-refractivity contribution in [2.75, 3.05) is 32.8 Å². The third-order valence-electron chi connectivity index (χ3n) is 6.14. The second kappa shape index (κ2) is 8.97. The molecule has 5 nitrogen and oxygen atoms in total. The van der Waals surface area contributed by atoms with Crippen LogP contribution >= 0.6 is 0 Å². The highest BCUT2D eigenvalue weighted by molar-refractivity contribution is 6.15. The van der Waals surface area contributed by atoms with Crippen molar-refractivity contribution in [2.45, 2.75) is 13.5 Å². The number of ether oxygens (including phenoxy) is 1. The molecule has 1 aromatic heterocycles. The van der Waals surface area contributed by atoms with Crippen LogP contribution in [0.3, 0.4) is 0 Å². The molecule has 0 radical (unpaired) electrons. The Hall–Kier alpha value is -3.44. The summed E-state index contributed by atoms with van der Waals surface area (Å²) >= 11 is 0. The van der Waals surface area contributed by atoms with Crippen molar-refractivity contribution in [2.24, 2.45) is 0 Å². The van der Waals surface area contributed by atoms with Gasteiger partial charge in [-0.15, -0.1) is 0 Å². The molecule has 1 fully saturated rings. The zero-order valence-corrected chi connectivity index (χ0v) is 18.3. The van der Waals surface area contributed by atoms with E-state index in [9.17, 15) is 4.79 Å². The summed E-state index contributed by atoms with van der Waals surface area (Å²) in [5.74, 6) is 0.975. The van der Waals surface area contributed by atoms with E-state index in [1.807, 2.05) is 48.2 Å². The maximum absolute atomic E-state index is 13.5. The largest absolute Gasteiger partial charge is 0.494 e. The minimum atomic E-state index is 0.0696. The topological polar surface area (TPSA) is 45.7 Å². The van der Waals surface area contributed by atoms with Crippen molar-refractivity contribution in [1.82, 2.24) is 14.8 Å². The predicted octanol–water partition coefficient (Wildman–Crippen LogP) is 4.74. The fourth-order valence-electron chi connectivity index (χ4n) is 4.49. The number of carbonyl (C=O) groups is 1. The average Bonchev–Trinajstić information content (AvgIpc) is 2.85. The molecule has 3 aromatic carbocycles. The van der Waals surface area contributed by atoms with E-state index in [1.165, 1.54) is 5.56 Å². The molecule has 1 aliphatic heterocycles. The van der Waals surface area contributed by atoms with E-state index < -0.39 is 0 Å². The number of rotatable bonds is 5. The average molecular weight is 426 g/mol. The van der Waals surface area contributed by atoms with Gasteiger partial charge in [0.15, 0.2) is 0 Å². The fraction of sp³-hybridized carbons (Fsp3) is 0.259. The van der Waals surface area contributed by atoms with Crippen LogP contribution in [0.1, 0.15) is 22.8 Å². The van der Waals surface area contributed by atoms with E-state index in [0.29, 0.717) is 12.2 Å². The molecule has 0 saturated carbocycles. The SMILES string of the molecule is CCOc1ccc(CN2CCN(C(=O)c3cc4ccccc4c4cccnc34)CC2)cc1. The molecule has 1 amide bonds. The lowest BCUT2D eigenvalue weighted by Gasteiger charge is -2.35. The Morgan fingerprint density at radius 3 is 2.47 bits per heavy atom. The molecule has 0 bridgehead atoms. The molecule has 1 aliphatic rings. The summed E-state index contributed by atoms with van der Waals surface area (Å²) in [5, 5.41) is 3.24. The molecule has 1 saturated heterocycles. The van der Waals surface area contributed by atoms with E-state index in [4.69, 9.17) is 4.74 Å². The molecule has 0 atom stereocenters. The van der Waals surface area contributed by atoms with Gasteiger partial charge >= 0.3 is 0 Å². The first-order valence-electron chi connectivity index (χ1n) is 11.2. The van der Waals surface area contributed by atoms with Crippen molar-refractivity contribution >= 4 is 27.6 Å². The summed E-state index contributed by atoms with van der Waals surface area (Å²) in [6, 6.07) is 22.5. The highest BCUT2D eigenvalue weighted by Gasteiger charge is 2.24. The van der Waals surface area contributed by atoms with Crippen LogP contribution in [-0.2, 0) is 6.54 Å². The molecular formula is C27H27N3O2. The number of pyridine rings is 1. The van der Waals surface area contributed by atoms with Crippen molar-refractivity contribution < 1.29 is 9.53 Å². The Morgan fingerprint density at radius 2 is 1.69 bits per heavy atom. The number of benzene rings is 3. The third-order valence-corrected chi connectivity index (χ3v) is 6.14. The summed E-state index contributed by atoms with van der Waals surface area (Å²) in [4.78, 5) is 22.4. The number of hydrogen-bond acceptors (Lipinski definition) is 4. The van der Waals surface area contributed by atoms with Crippen LogP contribution in [-0.4, -0.2) is 53.5 Å². The third kappa shape index (κ3) is 4.04. The van der Waals surface area contributed by atoms with E-state index in [0.717, 1.165) is 60.1 Å². The zero-order valence-electron chi connectivity index (χ0n) is 18.3. The first-order chi connectivity index (χ1) is 15.7. The number of hydrogen-bond donors (Lipinski definition) is 0. The Morgan fingerprint density at radius 1 is 0.938 bits per heavy atom. The quantitative estimate of drug-likeness (QED) is 0.433. The molecule has 0 N–H and O–H groups in total.